The van der Waals surface area contributed by atoms with Gasteiger partial charge in [0.15, 0.2) is 0 Å². The molecule has 2 heterocycles. The Morgan fingerprint density at radius 1 is 1.33 bits per heavy atom. The molecule has 2 N–H and O–H groups in total. The van der Waals surface area contributed by atoms with Crippen molar-refractivity contribution in [3.05, 3.63) is 35.4 Å². The minimum atomic E-state index is -0.229. The van der Waals surface area contributed by atoms with Gasteiger partial charge in [-0.05, 0) is 37.4 Å². The molecule has 1 amide bonds. The van der Waals surface area contributed by atoms with Gasteiger partial charge in [0, 0.05) is 25.7 Å². The molecular weight excluding hydrogens is 302 g/mol. The Kier molecular flexibility index (Phi) is 6.24. The molecule has 3 rings (SSSR count). The van der Waals surface area contributed by atoms with Crippen LogP contribution in [0.2, 0.25) is 0 Å². The number of carbonyl (C=O) groups excluding carboxylic acids is 1. The Balaban J connectivity index is 1.58. The number of carbonyl (C=O) groups is 1. The van der Waals surface area contributed by atoms with Crippen LogP contribution >= 0.6 is 0 Å². The van der Waals surface area contributed by atoms with E-state index in [2.05, 4.69) is 40.7 Å². The summed E-state index contributed by atoms with van der Waals surface area (Å²) in [6, 6.07) is 8.86. The lowest BCUT2D eigenvalue weighted by atomic mass is 10.0. The molecule has 0 aliphatic carbocycles. The Bertz CT molecular complexity index is 543. The van der Waals surface area contributed by atoms with Crippen LogP contribution in [0.5, 0.6) is 0 Å². The van der Waals surface area contributed by atoms with Crippen LogP contribution in [-0.2, 0) is 22.6 Å². The molecule has 0 radical (unpaired) electrons. The summed E-state index contributed by atoms with van der Waals surface area (Å²) in [6.07, 6.45) is 3.91. The number of hydrogen-bond donors (Lipinski definition) is 2. The molecule has 5 nitrogen and oxygen atoms in total. The van der Waals surface area contributed by atoms with Gasteiger partial charge in [-0.1, -0.05) is 30.7 Å². The summed E-state index contributed by atoms with van der Waals surface area (Å²) in [7, 11) is 0. The number of morpholine rings is 1. The van der Waals surface area contributed by atoms with Gasteiger partial charge in [0.05, 0.1) is 13.2 Å². The highest BCUT2D eigenvalue weighted by Gasteiger charge is 2.22. The van der Waals surface area contributed by atoms with Crippen molar-refractivity contribution in [3.8, 4) is 0 Å². The lowest BCUT2D eigenvalue weighted by Crippen LogP contribution is -2.51. The van der Waals surface area contributed by atoms with Crippen LogP contribution in [0.25, 0.3) is 0 Å². The Morgan fingerprint density at radius 3 is 2.92 bits per heavy atom. The smallest absolute Gasteiger partial charge is 0.239 e. The van der Waals surface area contributed by atoms with E-state index in [1.165, 1.54) is 36.9 Å². The van der Waals surface area contributed by atoms with E-state index in [0.717, 1.165) is 13.1 Å². The SMILES string of the molecule is CC1CCCCN1Cc1ccccc1CNC(=O)C1COCCN1. The summed E-state index contributed by atoms with van der Waals surface area (Å²) in [4.78, 5) is 14.8. The average molecular weight is 331 g/mol. The molecule has 1 aromatic carbocycles. The first kappa shape index (κ1) is 17.4. The van der Waals surface area contributed by atoms with Crippen molar-refractivity contribution in [2.45, 2.75) is 51.4 Å². The number of nitrogens with zero attached hydrogens (tertiary/aromatic N) is 1. The zero-order valence-corrected chi connectivity index (χ0v) is 14.6. The van der Waals surface area contributed by atoms with E-state index >= 15 is 0 Å². The second kappa shape index (κ2) is 8.60. The topological polar surface area (TPSA) is 53.6 Å². The first-order valence-electron chi connectivity index (χ1n) is 9.13. The summed E-state index contributed by atoms with van der Waals surface area (Å²) in [5.74, 6) is 0.0239. The van der Waals surface area contributed by atoms with Crippen LogP contribution < -0.4 is 10.6 Å². The molecule has 1 aromatic rings. The number of amides is 1. The Morgan fingerprint density at radius 2 is 2.17 bits per heavy atom. The predicted octanol–water partition coefficient (Wildman–Crippen LogP) is 1.67. The number of nitrogens with one attached hydrogen (secondary N) is 2. The maximum absolute atomic E-state index is 12.3. The summed E-state index contributed by atoms with van der Waals surface area (Å²) in [6.45, 7) is 6.91. The molecule has 0 spiro atoms. The fourth-order valence-electron chi connectivity index (χ4n) is 3.53. The van der Waals surface area contributed by atoms with Gasteiger partial charge in [-0.15, -0.1) is 0 Å². The van der Waals surface area contributed by atoms with Gasteiger partial charge in [0.2, 0.25) is 5.91 Å². The number of hydrogen-bond acceptors (Lipinski definition) is 4. The molecule has 0 aromatic heterocycles. The molecule has 24 heavy (non-hydrogen) atoms. The maximum Gasteiger partial charge on any atom is 0.239 e. The molecule has 5 heteroatoms. The highest BCUT2D eigenvalue weighted by Crippen LogP contribution is 2.20. The van der Waals surface area contributed by atoms with Crippen molar-refractivity contribution in [1.82, 2.24) is 15.5 Å². The van der Waals surface area contributed by atoms with E-state index in [4.69, 9.17) is 4.74 Å². The number of benzene rings is 1. The molecule has 132 valence electrons. The number of piperidine rings is 1. The highest BCUT2D eigenvalue weighted by atomic mass is 16.5. The van der Waals surface area contributed by atoms with Crippen molar-refractivity contribution in [2.75, 3.05) is 26.3 Å². The highest BCUT2D eigenvalue weighted by molar-refractivity contribution is 5.82. The monoisotopic (exact) mass is 331 g/mol. The third kappa shape index (κ3) is 4.56. The minimum absolute atomic E-state index is 0.0239. The fraction of sp³-hybridized carbons (Fsp3) is 0.632. The zero-order valence-electron chi connectivity index (χ0n) is 14.6. The Labute approximate surface area is 144 Å². The third-order valence-electron chi connectivity index (χ3n) is 5.12. The quantitative estimate of drug-likeness (QED) is 0.862. The van der Waals surface area contributed by atoms with Crippen LogP contribution in [0.3, 0.4) is 0 Å². The summed E-state index contributed by atoms with van der Waals surface area (Å²) in [5.41, 5.74) is 2.53. The van der Waals surface area contributed by atoms with Crippen LogP contribution in [0.4, 0.5) is 0 Å². The summed E-state index contributed by atoms with van der Waals surface area (Å²) in [5, 5.41) is 6.25. The molecule has 2 aliphatic rings. The van der Waals surface area contributed by atoms with Crippen LogP contribution in [-0.4, -0.2) is 49.2 Å². The van der Waals surface area contributed by atoms with Gasteiger partial charge in [-0.2, -0.15) is 0 Å². The fourth-order valence-corrected chi connectivity index (χ4v) is 3.53. The molecule has 0 saturated carbocycles. The van der Waals surface area contributed by atoms with E-state index in [9.17, 15) is 4.79 Å². The van der Waals surface area contributed by atoms with Crippen LogP contribution in [0.15, 0.2) is 24.3 Å². The van der Waals surface area contributed by atoms with Gasteiger partial charge < -0.3 is 15.4 Å². The zero-order chi connectivity index (χ0) is 16.8. The molecule has 0 bridgehead atoms. The Hall–Kier alpha value is -1.43. The van der Waals surface area contributed by atoms with Crippen molar-refractivity contribution >= 4 is 5.91 Å². The maximum atomic E-state index is 12.3. The van der Waals surface area contributed by atoms with Crippen LogP contribution in [0, 0.1) is 0 Å². The molecular formula is C19H29N3O2. The molecule has 2 aliphatic heterocycles. The lowest BCUT2D eigenvalue weighted by molar-refractivity contribution is -0.126. The van der Waals surface area contributed by atoms with E-state index in [0.29, 0.717) is 25.8 Å². The molecule has 2 fully saturated rings. The standard InChI is InChI=1S/C19H29N3O2/c1-15-6-4-5-10-22(15)13-17-8-3-2-7-16(17)12-21-19(23)18-14-24-11-9-20-18/h2-3,7-8,15,18,20H,4-6,9-14H2,1H3,(H,21,23). The van der Waals surface area contributed by atoms with Crippen molar-refractivity contribution in [3.63, 3.8) is 0 Å². The second-order valence-corrected chi connectivity index (χ2v) is 6.88. The van der Waals surface area contributed by atoms with Crippen LogP contribution in [0.1, 0.15) is 37.3 Å². The van der Waals surface area contributed by atoms with Crippen molar-refractivity contribution < 1.29 is 9.53 Å². The first-order chi connectivity index (χ1) is 11.7. The number of ether oxygens (including phenoxy) is 1. The van der Waals surface area contributed by atoms with E-state index in [-0.39, 0.29) is 11.9 Å². The van der Waals surface area contributed by atoms with Crippen molar-refractivity contribution in [2.24, 2.45) is 0 Å². The first-order valence-corrected chi connectivity index (χ1v) is 9.13. The third-order valence-corrected chi connectivity index (χ3v) is 5.12. The molecule has 2 saturated heterocycles. The summed E-state index contributed by atoms with van der Waals surface area (Å²) < 4.78 is 5.36. The largest absolute Gasteiger partial charge is 0.378 e. The van der Waals surface area contributed by atoms with Gasteiger partial charge in [0.1, 0.15) is 6.04 Å². The molecule has 2 unspecified atom stereocenters. The van der Waals surface area contributed by atoms with Gasteiger partial charge >= 0.3 is 0 Å². The van der Waals surface area contributed by atoms with E-state index in [1.54, 1.807) is 0 Å². The normalized spacial score (nSPS) is 25.4. The summed E-state index contributed by atoms with van der Waals surface area (Å²) >= 11 is 0. The second-order valence-electron chi connectivity index (χ2n) is 6.88. The van der Waals surface area contributed by atoms with Gasteiger partial charge in [-0.25, -0.2) is 0 Å². The van der Waals surface area contributed by atoms with E-state index in [1.807, 2.05) is 6.07 Å². The number of likely N-dealkylation sites (tertiary alicyclic amines) is 1. The van der Waals surface area contributed by atoms with Crippen molar-refractivity contribution in [1.29, 1.82) is 0 Å². The predicted molar refractivity (Wildman–Crippen MR) is 94.6 cm³/mol. The average Bonchev–Trinajstić information content (AvgIpc) is 2.63. The minimum Gasteiger partial charge on any atom is -0.378 e. The molecule has 2 atom stereocenters. The number of rotatable bonds is 5. The van der Waals surface area contributed by atoms with Gasteiger partial charge in [0.25, 0.3) is 0 Å². The lowest BCUT2D eigenvalue weighted by Gasteiger charge is -2.33. The van der Waals surface area contributed by atoms with Gasteiger partial charge in [-0.3, -0.25) is 9.69 Å². The van der Waals surface area contributed by atoms with E-state index < -0.39 is 0 Å².